The molecule has 0 bridgehead atoms. The molecule has 2 aromatic carbocycles. The predicted octanol–water partition coefficient (Wildman–Crippen LogP) is 5.67. The first-order valence-corrected chi connectivity index (χ1v) is 7.47. The molecule has 0 aliphatic heterocycles. The van der Waals surface area contributed by atoms with E-state index in [9.17, 15) is 5.11 Å². The SMILES string of the molecule is OC(Cc1ccc(Cl)c(Cl)c1)c1cc2cc(Cl)ccc2o1. The minimum absolute atomic E-state index is 0.393. The highest BCUT2D eigenvalue weighted by atomic mass is 35.5. The molecule has 1 atom stereocenters. The third-order valence-electron chi connectivity index (χ3n) is 3.24. The van der Waals surface area contributed by atoms with Gasteiger partial charge in [0.25, 0.3) is 0 Å². The van der Waals surface area contributed by atoms with Crippen molar-refractivity contribution in [2.45, 2.75) is 12.5 Å². The van der Waals surface area contributed by atoms with Crippen molar-refractivity contribution >= 4 is 45.8 Å². The predicted molar refractivity (Wildman–Crippen MR) is 86.3 cm³/mol. The van der Waals surface area contributed by atoms with E-state index in [0.29, 0.717) is 32.8 Å². The molecule has 3 aromatic rings. The van der Waals surface area contributed by atoms with Crippen molar-refractivity contribution in [2.75, 3.05) is 0 Å². The van der Waals surface area contributed by atoms with Crippen LogP contribution in [0.15, 0.2) is 46.9 Å². The maximum Gasteiger partial charge on any atom is 0.134 e. The van der Waals surface area contributed by atoms with Crippen LogP contribution in [0.2, 0.25) is 15.1 Å². The molecule has 1 N–H and O–H groups in total. The second-order valence-corrected chi connectivity index (χ2v) is 6.05. The highest BCUT2D eigenvalue weighted by Gasteiger charge is 2.15. The summed E-state index contributed by atoms with van der Waals surface area (Å²) in [6, 6.07) is 12.4. The van der Waals surface area contributed by atoms with Gasteiger partial charge < -0.3 is 9.52 Å². The number of aliphatic hydroxyl groups excluding tert-OH is 1. The molecule has 5 heteroatoms. The van der Waals surface area contributed by atoms with Gasteiger partial charge in [0.1, 0.15) is 17.4 Å². The first kappa shape index (κ1) is 14.7. The van der Waals surface area contributed by atoms with Crippen molar-refractivity contribution in [3.63, 3.8) is 0 Å². The highest BCUT2D eigenvalue weighted by molar-refractivity contribution is 6.42. The maximum absolute atomic E-state index is 10.3. The third kappa shape index (κ3) is 3.19. The third-order valence-corrected chi connectivity index (χ3v) is 4.21. The molecule has 108 valence electrons. The van der Waals surface area contributed by atoms with E-state index in [0.717, 1.165) is 10.9 Å². The molecule has 0 fully saturated rings. The molecule has 0 saturated carbocycles. The average molecular weight is 342 g/mol. The van der Waals surface area contributed by atoms with Crippen molar-refractivity contribution in [1.82, 2.24) is 0 Å². The summed E-state index contributed by atoms with van der Waals surface area (Å²) in [4.78, 5) is 0. The van der Waals surface area contributed by atoms with Crippen LogP contribution in [-0.2, 0) is 6.42 Å². The summed E-state index contributed by atoms with van der Waals surface area (Å²) in [6.45, 7) is 0. The Labute approximate surface area is 136 Å². The monoisotopic (exact) mass is 340 g/mol. The lowest BCUT2D eigenvalue weighted by molar-refractivity contribution is 0.152. The van der Waals surface area contributed by atoms with Crippen LogP contribution in [0.4, 0.5) is 0 Å². The Kier molecular flexibility index (Phi) is 4.14. The Bertz CT molecular complexity index is 795. The molecule has 0 radical (unpaired) electrons. The Balaban J connectivity index is 1.85. The van der Waals surface area contributed by atoms with E-state index in [1.54, 1.807) is 36.4 Å². The van der Waals surface area contributed by atoms with E-state index in [4.69, 9.17) is 39.2 Å². The van der Waals surface area contributed by atoms with Crippen LogP contribution in [0, 0.1) is 0 Å². The van der Waals surface area contributed by atoms with Crippen molar-refractivity contribution in [2.24, 2.45) is 0 Å². The smallest absolute Gasteiger partial charge is 0.134 e. The minimum atomic E-state index is -0.756. The zero-order valence-electron chi connectivity index (χ0n) is 10.8. The summed E-state index contributed by atoms with van der Waals surface area (Å²) < 4.78 is 5.64. The van der Waals surface area contributed by atoms with Crippen LogP contribution in [0.25, 0.3) is 11.0 Å². The van der Waals surface area contributed by atoms with E-state index >= 15 is 0 Å². The van der Waals surface area contributed by atoms with Crippen molar-refractivity contribution < 1.29 is 9.52 Å². The van der Waals surface area contributed by atoms with Gasteiger partial charge in [-0.1, -0.05) is 40.9 Å². The number of aliphatic hydroxyl groups is 1. The minimum Gasteiger partial charge on any atom is -0.458 e. The fraction of sp³-hybridized carbons (Fsp3) is 0.125. The standard InChI is InChI=1S/C16H11Cl3O2/c17-11-2-4-15-10(7-11)8-16(21-15)14(20)6-9-1-3-12(18)13(19)5-9/h1-5,7-8,14,20H,6H2. The quantitative estimate of drug-likeness (QED) is 0.666. The van der Waals surface area contributed by atoms with Gasteiger partial charge in [-0.3, -0.25) is 0 Å². The topological polar surface area (TPSA) is 33.4 Å². The number of furan rings is 1. The van der Waals surface area contributed by atoms with Gasteiger partial charge in [-0.15, -0.1) is 0 Å². The lowest BCUT2D eigenvalue weighted by Crippen LogP contribution is -2.00. The van der Waals surface area contributed by atoms with E-state index in [2.05, 4.69) is 0 Å². The molecule has 0 amide bonds. The van der Waals surface area contributed by atoms with Crippen LogP contribution in [0.5, 0.6) is 0 Å². The lowest BCUT2D eigenvalue weighted by atomic mass is 10.1. The molecule has 1 aromatic heterocycles. The van der Waals surface area contributed by atoms with Crippen LogP contribution >= 0.6 is 34.8 Å². The van der Waals surface area contributed by atoms with Gasteiger partial charge >= 0.3 is 0 Å². The van der Waals surface area contributed by atoms with Crippen LogP contribution < -0.4 is 0 Å². The second-order valence-electron chi connectivity index (χ2n) is 4.80. The molecular weight excluding hydrogens is 331 g/mol. The number of hydrogen-bond acceptors (Lipinski definition) is 2. The molecule has 21 heavy (non-hydrogen) atoms. The fourth-order valence-electron chi connectivity index (χ4n) is 2.19. The van der Waals surface area contributed by atoms with Gasteiger partial charge in [0.05, 0.1) is 10.0 Å². The first-order chi connectivity index (χ1) is 10.0. The molecule has 0 spiro atoms. The van der Waals surface area contributed by atoms with Gasteiger partial charge in [0.2, 0.25) is 0 Å². The summed E-state index contributed by atoms with van der Waals surface area (Å²) in [6.07, 6.45) is -0.363. The van der Waals surface area contributed by atoms with Crippen molar-refractivity contribution in [3.8, 4) is 0 Å². The van der Waals surface area contributed by atoms with Gasteiger partial charge in [-0.25, -0.2) is 0 Å². The number of hydrogen-bond donors (Lipinski definition) is 1. The summed E-state index contributed by atoms with van der Waals surface area (Å²) in [5.74, 6) is 0.498. The van der Waals surface area contributed by atoms with E-state index in [1.165, 1.54) is 0 Å². The number of fused-ring (bicyclic) bond motifs is 1. The van der Waals surface area contributed by atoms with Crippen molar-refractivity contribution in [3.05, 3.63) is 68.9 Å². The van der Waals surface area contributed by atoms with Gasteiger partial charge in [-0.2, -0.15) is 0 Å². The molecule has 3 rings (SSSR count). The Morgan fingerprint density at radius 2 is 1.76 bits per heavy atom. The second kappa shape index (κ2) is 5.90. The van der Waals surface area contributed by atoms with Crippen LogP contribution in [-0.4, -0.2) is 5.11 Å². The summed E-state index contributed by atoms with van der Waals surface area (Å²) in [7, 11) is 0. The Morgan fingerprint density at radius 3 is 2.52 bits per heavy atom. The molecule has 0 aliphatic carbocycles. The summed E-state index contributed by atoms with van der Waals surface area (Å²) >= 11 is 17.8. The molecule has 0 saturated heterocycles. The van der Waals surface area contributed by atoms with Gasteiger partial charge in [0.15, 0.2) is 0 Å². The zero-order valence-corrected chi connectivity index (χ0v) is 13.1. The Morgan fingerprint density at radius 1 is 0.952 bits per heavy atom. The molecule has 0 aliphatic rings. The van der Waals surface area contributed by atoms with E-state index < -0.39 is 6.10 Å². The van der Waals surface area contributed by atoms with E-state index in [1.807, 2.05) is 6.07 Å². The van der Waals surface area contributed by atoms with Crippen molar-refractivity contribution in [1.29, 1.82) is 0 Å². The average Bonchev–Trinajstić information content (AvgIpc) is 2.86. The number of benzene rings is 2. The molecule has 1 unspecified atom stereocenters. The van der Waals surface area contributed by atoms with E-state index in [-0.39, 0.29) is 0 Å². The summed E-state index contributed by atoms with van der Waals surface area (Å²) in [5.41, 5.74) is 1.58. The largest absolute Gasteiger partial charge is 0.458 e. The normalized spacial score (nSPS) is 12.8. The Hall–Kier alpha value is -1.19. The molecule has 2 nitrogen and oxygen atoms in total. The molecule has 1 heterocycles. The zero-order chi connectivity index (χ0) is 15.0. The van der Waals surface area contributed by atoms with Crippen LogP contribution in [0.1, 0.15) is 17.4 Å². The summed E-state index contributed by atoms with van der Waals surface area (Å²) in [5, 5.41) is 12.8. The fourth-order valence-corrected chi connectivity index (χ4v) is 2.69. The maximum atomic E-state index is 10.3. The first-order valence-electron chi connectivity index (χ1n) is 6.34. The number of rotatable bonds is 3. The van der Waals surface area contributed by atoms with Crippen LogP contribution in [0.3, 0.4) is 0 Å². The number of halogens is 3. The lowest BCUT2D eigenvalue weighted by Gasteiger charge is -2.08. The van der Waals surface area contributed by atoms with Gasteiger partial charge in [0, 0.05) is 16.8 Å². The molecular formula is C16H11Cl3O2. The van der Waals surface area contributed by atoms with Gasteiger partial charge in [-0.05, 0) is 42.0 Å². The highest BCUT2D eigenvalue weighted by Crippen LogP contribution is 2.29.